The van der Waals surface area contributed by atoms with Crippen LogP contribution in [0.15, 0.2) is 30.3 Å². The summed E-state index contributed by atoms with van der Waals surface area (Å²) in [6.45, 7) is 4.55. The fraction of sp³-hybridized carbons (Fsp3) is 0.854. The second-order valence-electron chi connectivity index (χ2n) is 14.7. The number of benzene rings is 1. The van der Waals surface area contributed by atoms with Gasteiger partial charge in [0.25, 0.3) is 0 Å². The molecule has 1 atom stereocenters. The zero-order valence-corrected chi connectivity index (χ0v) is 31.3. The summed E-state index contributed by atoms with van der Waals surface area (Å²) >= 11 is 0. The van der Waals surface area contributed by atoms with E-state index in [1.54, 1.807) is 5.56 Å². The van der Waals surface area contributed by atoms with Crippen LogP contribution in [-0.2, 0) is 0 Å². The van der Waals surface area contributed by atoms with Crippen molar-refractivity contribution in [2.45, 2.75) is 212 Å². The molecule has 4 heteroatoms. The molecule has 0 aromatic heterocycles. The molecule has 45 heavy (non-hydrogen) atoms. The minimum absolute atomic E-state index is 0.201. The molecule has 0 saturated heterocycles. The predicted octanol–water partition coefficient (Wildman–Crippen LogP) is 13.8. The van der Waals surface area contributed by atoms with Gasteiger partial charge in [-0.05, 0) is 17.9 Å². The van der Waals surface area contributed by atoms with Crippen LogP contribution in [0.2, 0.25) is 0 Å². The van der Waals surface area contributed by atoms with Crippen LogP contribution in [0.1, 0.15) is 218 Å². The van der Waals surface area contributed by atoms with E-state index in [0.717, 1.165) is 44.4 Å². The van der Waals surface area contributed by atoms with E-state index in [0.29, 0.717) is 0 Å². The normalized spacial score (nSPS) is 13.6. The molecule has 0 aliphatic rings. The molecule has 0 radical (unpaired) electrons. The third kappa shape index (κ3) is 27.2. The van der Waals surface area contributed by atoms with Crippen LogP contribution in [0.5, 0.6) is 0 Å². The molecule has 1 aromatic carbocycles. The van der Waals surface area contributed by atoms with Crippen molar-refractivity contribution < 1.29 is 14.7 Å². The Morgan fingerprint density at radius 2 is 0.689 bits per heavy atom. The third-order valence-corrected chi connectivity index (χ3v) is 12.5. The zero-order valence-electron chi connectivity index (χ0n) is 30.4. The number of unbranched alkanes of at least 4 members (excludes halogenated alkanes) is 25. The van der Waals surface area contributed by atoms with Crippen LogP contribution >= 0.6 is 7.28 Å². The van der Waals surface area contributed by atoms with E-state index in [9.17, 15) is 14.7 Å². The standard InChI is InChI=1S/C41H79O3P/c1-3-5-7-9-11-12-14-17-21-25-32-38-45(42,43,44)39-33-26-22-18-15-13-16-20-24-29-35-40(41-36-30-27-31-37-41)34-28-23-19-10-8-6-4-2/h27,30-31,36-37,40,42-44H,3-26,28-29,32-35,38-39H2,1-2H3. The first-order valence-corrected chi connectivity index (χ1v) is 22.6. The first-order chi connectivity index (χ1) is 21.9. The predicted molar refractivity (Wildman–Crippen MR) is 202 cm³/mol. The van der Waals surface area contributed by atoms with E-state index < -0.39 is 7.28 Å². The van der Waals surface area contributed by atoms with Crippen molar-refractivity contribution in [2.75, 3.05) is 12.3 Å². The van der Waals surface area contributed by atoms with Gasteiger partial charge in [-0.2, -0.15) is 0 Å². The van der Waals surface area contributed by atoms with Crippen LogP contribution in [0.4, 0.5) is 0 Å². The van der Waals surface area contributed by atoms with Crippen molar-refractivity contribution in [1.82, 2.24) is 0 Å². The Labute approximate surface area is 282 Å². The Morgan fingerprint density at radius 3 is 1.02 bits per heavy atom. The van der Waals surface area contributed by atoms with Gasteiger partial charge in [-0.25, -0.2) is 0 Å². The minimum Gasteiger partial charge on any atom is -0.0654 e. The van der Waals surface area contributed by atoms with Crippen LogP contribution in [0.3, 0.4) is 0 Å². The second kappa shape index (κ2) is 28.5. The van der Waals surface area contributed by atoms with Crippen molar-refractivity contribution in [3.05, 3.63) is 35.9 Å². The van der Waals surface area contributed by atoms with Crippen LogP contribution in [0, 0.1) is 0 Å². The molecule has 0 bridgehead atoms. The molecule has 3 N–H and O–H groups in total. The molecule has 1 aromatic rings. The summed E-state index contributed by atoms with van der Waals surface area (Å²) in [4.78, 5) is 31.5. The van der Waals surface area contributed by atoms with Crippen molar-refractivity contribution >= 4 is 7.28 Å². The molecule has 0 spiro atoms. The maximum absolute atomic E-state index is 10.5. The smallest absolute Gasteiger partial charge is 0.0654 e. The molecular weight excluding hydrogens is 571 g/mol. The van der Waals surface area contributed by atoms with E-state index in [-0.39, 0.29) is 12.3 Å². The van der Waals surface area contributed by atoms with E-state index in [1.165, 1.54) is 154 Å². The Kier molecular flexibility index (Phi) is 27.0. The molecule has 266 valence electrons. The van der Waals surface area contributed by atoms with Gasteiger partial charge in [0, 0.05) is 0 Å². The summed E-state index contributed by atoms with van der Waals surface area (Å²) in [6.07, 6.45) is 38.5. The second-order valence-corrected chi connectivity index (χ2v) is 18.2. The molecular formula is C41H79O3P. The number of rotatable bonds is 34. The molecule has 3 nitrogen and oxygen atoms in total. The average molecular weight is 651 g/mol. The maximum atomic E-state index is 10.5. The van der Waals surface area contributed by atoms with Crippen molar-refractivity contribution in [1.29, 1.82) is 0 Å². The van der Waals surface area contributed by atoms with Gasteiger partial charge in [0.05, 0.1) is 0 Å². The Hall–Kier alpha value is -0.470. The summed E-state index contributed by atoms with van der Waals surface area (Å²) < 4.78 is 0. The van der Waals surface area contributed by atoms with E-state index in [1.807, 2.05) is 0 Å². The van der Waals surface area contributed by atoms with Crippen LogP contribution in [0.25, 0.3) is 0 Å². The van der Waals surface area contributed by atoms with Crippen molar-refractivity contribution in [3.63, 3.8) is 0 Å². The topological polar surface area (TPSA) is 60.7 Å². The molecule has 0 aliphatic carbocycles. The number of hydrogen-bond acceptors (Lipinski definition) is 3. The summed E-state index contributed by atoms with van der Waals surface area (Å²) in [5.41, 5.74) is 1.55. The number of hydrogen-bond donors (Lipinski definition) is 3. The van der Waals surface area contributed by atoms with E-state index in [2.05, 4.69) is 44.2 Å². The molecule has 0 fully saturated rings. The van der Waals surface area contributed by atoms with Crippen molar-refractivity contribution in [3.8, 4) is 0 Å². The molecule has 0 amide bonds. The average Bonchev–Trinajstić information content (AvgIpc) is 3.02. The molecule has 0 heterocycles. The van der Waals surface area contributed by atoms with Gasteiger partial charge in [0.15, 0.2) is 0 Å². The minimum atomic E-state index is -4.41. The molecule has 1 unspecified atom stereocenters. The van der Waals surface area contributed by atoms with Gasteiger partial charge < -0.3 is 0 Å². The fourth-order valence-electron chi connectivity index (χ4n) is 7.00. The summed E-state index contributed by atoms with van der Waals surface area (Å²) in [5, 5.41) is 0. The van der Waals surface area contributed by atoms with Gasteiger partial charge in [-0.1, -0.05) is 89.1 Å². The SMILES string of the molecule is CCCCCCCCCCCCCP(O)(O)(O)CCCCCCCCCCCCC(CCCCCCCCC)c1ccccc1. The summed E-state index contributed by atoms with van der Waals surface area (Å²) in [7, 11) is -4.41. The monoisotopic (exact) mass is 651 g/mol. The van der Waals surface area contributed by atoms with Gasteiger partial charge >= 0.3 is 176 Å². The molecule has 0 saturated carbocycles. The fourth-order valence-corrected chi connectivity index (χ4v) is 8.97. The van der Waals surface area contributed by atoms with Crippen LogP contribution in [-0.4, -0.2) is 27.0 Å². The van der Waals surface area contributed by atoms with Gasteiger partial charge in [-0.3, -0.25) is 0 Å². The zero-order chi connectivity index (χ0) is 32.8. The third-order valence-electron chi connectivity index (χ3n) is 10.1. The summed E-state index contributed by atoms with van der Waals surface area (Å²) in [5.74, 6) is 0.735. The molecule has 1 rings (SSSR count). The van der Waals surface area contributed by atoms with E-state index >= 15 is 0 Å². The quantitative estimate of drug-likeness (QED) is 0.0514. The Balaban J connectivity index is 2.01. The first-order valence-electron chi connectivity index (χ1n) is 20.2. The molecule has 0 aliphatic heterocycles. The van der Waals surface area contributed by atoms with Crippen LogP contribution < -0.4 is 0 Å². The van der Waals surface area contributed by atoms with E-state index in [4.69, 9.17) is 0 Å². The Morgan fingerprint density at radius 1 is 0.400 bits per heavy atom. The summed E-state index contributed by atoms with van der Waals surface area (Å²) in [6, 6.07) is 11.2. The van der Waals surface area contributed by atoms with Gasteiger partial charge in [0.2, 0.25) is 0 Å². The Bertz CT molecular complexity index is 744. The van der Waals surface area contributed by atoms with Gasteiger partial charge in [-0.15, -0.1) is 0 Å². The van der Waals surface area contributed by atoms with Crippen molar-refractivity contribution in [2.24, 2.45) is 0 Å². The first kappa shape index (κ1) is 42.6. The van der Waals surface area contributed by atoms with Gasteiger partial charge in [0.1, 0.15) is 0 Å².